The summed E-state index contributed by atoms with van der Waals surface area (Å²) in [5.74, 6) is 0.538. The van der Waals surface area contributed by atoms with Crippen molar-refractivity contribution in [2.45, 2.75) is 57.9 Å². The van der Waals surface area contributed by atoms with E-state index < -0.39 is 0 Å². The molecule has 0 spiro atoms. The molecule has 2 bridgehead atoms. The molecule has 0 saturated heterocycles. The molecule has 2 unspecified atom stereocenters. The van der Waals surface area contributed by atoms with Crippen LogP contribution in [-0.2, 0) is 18.4 Å². The van der Waals surface area contributed by atoms with Gasteiger partial charge in [-0.25, -0.2) is 0 Å². The van der Waals surface area contributed by atoms with E-state index in [2.05, 4.69) is 66.5 Å². The molecule has 4 aromatic rings. The molecule has 168 valence electrons. The fourth-order valence-corrected chi connectivity index (χ4v) is 6.23. The molecule has 0 amide bonds. The maximum atomic E-state index is 5.19. The number of nitrogens with zero attached hydrogens (tertiary/aromatic N) is 3. The molecule has 1 aromatic carbocycles. The zero-order valence-corrected chi connectivity index (χ0v) is 19.7. The van der Waals surface area contributed by atoms with Gasteiger partial charge in [-0.1, -0.05) is 51.1 Å². The van der Waals surface area contributed by atoms with E-state index in [4.69, 9.17) is 10.1 Å². The summed E-state index contributed by atoms with van der Waals surface area (Å²) in [6, 6.07) is 16.9. The minimum absolute atomic E-state index is 0.143. The first kappa shape index (κ1) is 20.5. The summed E-state index contributed by atoms with van der Waals surface area (Å²) < 4.78 is 0. The largest absolute Gasteiger partial charge is 0.311 e. The Kier molecular flexibility index (Phi) is 4.66. The Morgan fingerprint density at radius 1 is 1.06 bits per heavy atom. The van der Waals surface area contributed by atoms with E-state index in [0.29, 0.717) is 5.92 Å². The van der Waals surface area contributed by atoms with Crippen molar-refractivity contribution in [3.8, 4) is 11.4 Å². The number of pyridine rings is 2. The molecule has 1 saturated carbocycles. The minimum Gasteiger partial charge on any atom is -0.311 e. The second-order valence-corrected chi connectivity index (χ2v) is 10.4. The number of nitrogens with one attached hydrogen (secondary N) is 2. The molecule has 3 aromatic heterocycles. The SMILES string of the molecule is CC12CCC(c3c1n[nH]c3-c1nc(CCNCc3ccccn3)cc3ccccc13)C2(C)C. The monoisotopic (exact) mass is 437 g/mol. The van der Waals surface area contributed by atoms with Crippen LogP contribution in [0.5, 0.6) is 0 Å². The van der Waals surface area contributed by atoms with E-state index in [1.54, 1.807) is 0 Å². The smallest absolute Gasteiger partial charge is 0.0964 e. The molecule has 1 fully saturated rings. The van der Waals surface area contributed by atoms with Gasteiger partial charge in [0.1, 0.15) is 0 Å². The maximum absolute atomic E-state index is 5.19. The van der Waals surface area contributed by atoms with Gasteiger partial charge in [0, 0.05) is 47.8 Å². The summed E-state index contributed by atoms with van der Waals surface area (Å²) in [7, 11) is 0. The molecule has 2 aliphatic carbocycles. The van der Waals surface area contributed by atoms with Crippen LogP contribution >= 0.6 is 0 Å². The Labute approximate surface area is 195 Å². The zero-order chi connectivity index (χ0) is 22.6. The normalized spacial score (nSPS) is 22.7. The van der Waals surface area contributed by atoms with Crippen LogP contribution in [0.25, 0.3) is 22.2 Å². The quantitative estimate of drug-likeness (QED) is 0.389. The van der Waals surface area contributed by atoms with Crippen LogP contribution in [0.2, 0.25) is 0 Å². The van der Waals surface area contributed by atoms with E-state index in [1.165, 1.54) is 34.9 Å². The van der Waals surface area contributed by atoms with Crippen LogP contribution in [-0.4, -0.2) is 26.7 Å². The van der Waals surface area contributed by atoms with E-state index >= 15 is 0 Å². The molecule has 3 heterocycles. The summed E-state index contributed by atoms with van der Waals surface area (Å²) in [5, 5.41) is 14.3. The number of rotatable bonds is 6. The Hall–Kier alpha value is -3.05. The third-order valence-corrected chi connectivity index (χ3v) is 8.52. The minimum atomic E-state index is 0.143. The van der Waals surface area contributed by atoms with Crippen LogP contribution in [0.1, 0.15) is 62.2 Å². The third kappa shape index (κ3) is 3.06. The number of hydrogen-bond donors (Lipinski definition) is 2. The van der Waals surface area contributed by atoms with Gasteiger partial charge in [0.25, 0.3) is 0 Å². The van der Waals surface area contributed by atoms with Gasteiger partial charge in [-0.3, -0.25) is 15.1 Å². The molecule has 5 nitrogen and oxygen atoms in total. The number of hydrogen-bond acceptors (Lipinski definition) is 4. The molecule has 33 heavy (non-hydrogen) atoms. The van der Waals surface area contributed by atoms with Crippen LogP contribution in [0.3, 0.4) is 0 Å². The highest BCUT2D eigenvalue weighted by Crippen LogP contribution is 2.68. The van der Waals surface area contributed by atoms with Gasteiger partial charge in [0.15, 0.2) is 0 Å². The summed E-state index contributed by atoms with van der Waals surface area (Å²) in [6.07, 6.45) is 5.16. The Morgan fingerprint density at radius 3 is 2.76 bits per heavy atom. The van der Waals surface area contributed by atoms with E-state index in [1.807, 2.05) is 24.4 Å². The molecule has 2 aliphatic rings. The fourth-order valence-electron chi connectivity index (χ4n) is 6.23. The third-order valence-electron chi connectivity index (χ3n) is 8.52. The van der Waals surface area contributed by atoms with Gasteiger partial charge in [0.05, 0.1) is 22.8 Å². The predicted molar refractivity (Wildman–Crippen MR) is 132 cm³/mol. The molecular formula is C28H31N5. The van der Waals surface area contributed by atoms with E-state index in [0.717, 1.165) is 42.3 Å². The van der Waals surface area contributed by atoms with E-state index in [-0.39, 0.29) is 10.8 Å². The lowest BCUT2D eigenvalue weighted by molar-refractivity contribution is 0.225. The number of H-pyrrole nitrogens is 1. The summed E-state index contributed by atoms with van der Waals surface area (Å²) in [6.45, 7) is 8.87. The maximum Gasteiger partial charge on any atom is 0.0964 e. The van der Waals surface area contributed by atoms with Gasteiger partial charge in [-0.15, -0.1) is 0 Å². The van der Waals surface area contributed by atoms with Crippen molar-refractivity contribution in [3.63, 3.8) is 0 Å². The van der Waals surface area contributed by atoms with Gasteiger partial charge >= 0.3 is 0 Å². The Bertz CT molecular complexity index is 1320. The first-order chi connectivity index (χ1) is 16.0. The number of aromatic nitrogens is 4. The molecule has 6 rings (SSSR count). The zero-order valence-electron chi connectivity index (χ0n) is 19.7. The highest BCUT2D eigenvalue weighted by atomic mass is 15.2. The van der Waals surface area contributed by atoms with Crippen molar-refractivity contribution in [3.05, 3.63) is 77.4 Å². The van der Waals surface area contributed by atoms with Crippen molar-refractivity contribution < 1.29 is 0 Å². The molecular weight excluding hydrogens is 406 g/mol. The van der Waals surface area contributed by atoms with E-state index in [9.17, 15) is 0 Å². The summed E-state index contributed by atoms with van der Waals surface area (Å²) >= 11 is 0. The van der Waals surface area contributed by atoms with Crippen LogP contribution < -0.4 is 5.32 Å². The van der Waals surface area contributed by atoms with Crippen LogP contribution in [0.15, 0.2) is 54.7 Å². The second kappa shape index (κ2) is 7.49. The van der Waals surface area contributed by atoms with Gasteiger partial charge < -0.3 is 5.32 Å². The average molecular weight is 438 g/mol. The highest BCUT2D eigenvalue weighted by Gasteiger charge is 2.62. The Balaban J connectivity index is 1.34. The van der Waals surface area contributed by atoms with Crippen molar-refractivity contribution in [2.24, 2.45) is 5.41 Å². The number of benzene rings is 1. The van der Waals surface area contributed by atoms with Crippen LogP contribution in [0, 0.1) is 5.41 Å². The standard InChI is InChI=1S/C28H31N5/c1-27(2)22-11-13-28(27,3)26-23(22)25(32-33-26)24-21-10-5-4-8-18(21)16-19(31-24)12-15-29-17-20-9-6-7-14-30-20/h4-10,14,16,22,29H,11-13,15,17H2,1-3H3,(H,32,33). The fraction of sp³-hybridized carbons (Fsp3) is 0.393. The average Bonchev–Trinajstić information content (AvgIpc) is 3.41. The lowest BCUT2D eigenvalue weighted by Gasteiger charge is -2.34. The van der Waals surface area contributed by atoms with Crippen molar-refractivity contribution in [1.29, 1.82) is 0 Å². The van der Waals surface area contributed by atoms with Crippen molar-refractivity contribution >= 4 is 10.8 Å². The molecule has 0 radical (unpaired) electrons. The summed E-state index contributed by atoms with van der Waals surface area (Å²) in [5.41, 5.74) is 7.41. The topological polar surface area (TPSA) is 66.5 Å². The van der Waals surface area contributed by atoms with Gasteiger partial charge in [0.2, 0.25) is 0 Å². The molecule has 2 N–H and O–H groups in total. The first-order valence-corrected chi connectivity index (χ1v) is 12.1. The number of fused-ring (bicyclic) bond motifs is 6. The lowest BCUT2D eigenvalue weighted by atomic mass is 9.70. The molecule has 2 atom stereocenters. The molecule has 0 aliphatic heterocycles. The lowest BCUT2D eigenvalue weighted by Crippen LogP contribution is -2.32. The first-order valence-electron chi connectivity index (χ1n) is 12.1. The van der Waals surface area contributed by atoms with Crippen molar-refractivity contribution in [2.75, 3.05) is 6.54 Å². The Morgan fingerprint density at radius 2 is 1.91 bits per heavy atom. The highest BCUT2D eigenvalue weighted by molar-refractivity contribution is 5.95. The second-order valence-electron chi connectivity index (χ2n) is 10.4. The molecule has 5 heteroatoms. The van der Waals surface area contributed by atoms with Gasteiger partial charge in [-0.05, 0) is 47.8 Å². The summed E-state index contributed by atoms with van der Waals surface area (Å²) in [4.78, 5) is 9.58. The van der Waals surface area contributed by atoms with Crippen LogP contribution in [0.4, 0.5) is 0 Å². The number of aromatic amines is 1. The van der Waals surface area contributed by atoms with Gasteiger partial charge in [-0.2, -0.15) is 5.10 Å². The van der Waals surface area contributed by atoms with Crippen molar-refractivity contribution in [1.82, 2.24) is 25.5 Å². The predicted octanol–water partition coefficient (Wildman–Crippen LogP) is 5.53.